The molecule has 1 aliphatic carbocycles. The first-order valence-corrected chi connectivity index (χ1v) is 7.52. The minimum Gasteiger partial charge on any atom is -0.373 e. The zero-order valence-electron chi connectivity index (χ0n) is 8.64. The van der Waals surface area contributed by atoms with Crippen LogP contribution in [0.3, 0.4) is 0 Å². The summed E-state index contributed by atoms with van der Waals surface area (Å²) in [5.74, 6) is 0. The average molecular weight is 290 g/mol. The zero-order chi connectivity index (χ0) is 13.7. The molecule has 0 aromatic rings. The zero-order valence-corrected chi connectivity index (χ0v) is 10.3. The van der Waals surface area contributed by atoms with E-state index in [1.807, 2.05) is 0 Å². The molecular weight excluding hydrogens is 276 g/mol. The quantitative estimate of drug-likeness (QED) is 0.274. The van der Waals surface area contributed by atoms with Gasteiger partial charge in [0.05, 0.1) is 0 Å². The van der Waals surface area contributed by atoms with Gasteiger partial charge in [-0.1, -0.05) is 0 Å². The summed E-state index contributed by atoms with van der Waals surface area (Å²) in [5, 5.41) is 7.61. The average Bonchev–Trinajstić information content (AvgIpc) is 2.05. The van der Waals surface area contributed by atoms with Gasteiger partial charge in [0.2, 0.25) is 4.87 Å². The van der Waals surface area contributed by atoms with Gasteiger partial charge in [0.15, 0.2) is 0 Å². The highest BCUT2D eigenvalue weighted by atomic mass is 32.2. The minimum atomic E-state index is -5.20. The molecule has 0 aromatic carbocycles. The largest absolute Gasteiger partial charge is 0.373 e. The van der Waals surface area contributed by atoms with Crippen LogP contribution in [0.25, 0.3) is 0 Å². The van der Waals surface area contributed by atoms with Crippen LogP contribution in [-0.4, -0.2) is 46.9 Å². The summed E-state index contributed by atoms with van der Waals surface area (Å²) in [6.45, 7) is 0. The maximum atomic E-state index is 11.2. The van der Waals surface area contributed by atoms with Gasteiger partial charge < -0.3 is 16.6 Å². The fourth-order valence-electron chi connectivity index (χ4n) is 2.01. The van der Waals surface area contributed by atoms with Crippen LogP contribution in [0.4, 0.5) is 0 Å². The molecule has 9 nitrogen and oxygen atoms in total. The Morgan fingerprint density at radius 2 is 1.59 bits per heavy atom. The molecule has 0 heterocycles. The van der Waals surface area contributed by atoms with Crippen LogP contribution in [-0.2, 0) is 20.2 Å². The first kappa shape index (κ1) is 14.8. The van der Waals surface area contributed by atoms with E-state index in [0.29, 0.717) is 0 Å². The van der Waals surface area contributed by atoms with E-state index in [4.69, 9.17) is 20.6 Å². The van der Waals surface area contributed by atoms with E-state index in [1.54, 1.807) is 0 Å². The molecule has 0 aromatic heterocycles. The molecule has 3 unspecified atom stereocenters. The van der Waals surface area contributed by atoms with E-state index in [0.717, 1.165) is 0 Å². The first-order chi connectivity index (χ1) is 7.34. The van der Waals surface area contributed by atoms with E-state index in [1.165, 1.54) is 0 Å². The van der Waals surface area contributed by atoms with E-state index in [9.17, 15) is 21.9 Å². The predicted molar refractivity (Wildman–Crippen MR) is 56.8 cm³/mol. The van der Waals surface area contributed by atoms with Crippen LogP contribution in [0.15, 0.2) is 0 Å². The predicted octanol–water partition coefficient (Wildman–Crippen LogP) is -2.38. The fourth-order valence-corrected chi connectivity index (χ4v) is 4.84. The van der Waals surface area contributed by atoms with Crippen LogP contribution in [0, 0.1) is 0 Å². The van der Waals surface area contributed by atoms with Gasteiger partial charge in [-0.05, 0) is 19.3 Å². The lowest BCUT2D eigenvalue weighted by Crippen LogP contribution is -2.77. The fraction of sp³-hybridized carbons (Fsp3) is 1.00. The van der Waals surface area contributed by atoms with Crippen molar-refractivity contribution < 1.29 is 31.0 Å². The molecule has 0 bridgehead atoms. The van der Waals surface area contributed by atoms with Crippen molar-refractivity contribution in [3.8, 4) is 0 Å². The summed E-state index contributed by atoms with van der Waals surface area (Å²) in [7, 11) is -10.1. The Labute approximate surface area is 98.3 Å². The molecule has 1 aliphatic rings. The molecule has 7 N–H and O–H groups in total. The SMILES string of the molecule is NC1(O)CCCC(S(=O)(=O)O)C1(N)S(=O)(=O)O. The highest BCUT2D eigenvalue weighted by molar-refractivity contribution is 7.91. The Morgan fingerprint density at radius 1 is 1.12 bits per heavy atom. The van der Waals surface area contributed by atoms with Gasteiger partial charge in [-0.2, -0.15) is 16.8 Å². The highest BCUT2D eigenvalue weighted by Gasteiger charge is 2.65. The molecule has 0 spiro atoms. The van der Waals surface area contributed by atoms with Crippen molar-refractivity contribution in [3.63, 3.8) is 0 Å². The van der Waals surface area contributed by atoms with Gasteiger partial charge in [0, 0.05) is 0 Å². The Bertz CT molecular complexity index is 510. The van der Waals surface area contributed by atoms with Crippen molar-refractivity contribution in [1.82, 2.24) is 0 Å². The van der Waals surface area contributed by atoms with Crippen LogP contribution in [0.5, 0.6) is 0 Å². The van der Waals surface area contributed by atoms with Gasteiger partial charge >= 0.3 is 0 Å². The molecule has 1 fully saturated rings. The third-order valence-electron chi connectivity index (χ3n) is 2.97. The van der Waals surface area contributed by atoms with Crippen molar-refractivity contribution >= 4 is 20.2 Å². The standard InChI is InChI=1S/C6H14N2O7S2/c7-5(9)3-1-2-4(16(10,11)12)6(5,8)17(13,14)15/h4,9H,1-3,7-8H2,(H,10,11,12)(H,13,14,15). The molecule has 0 radical (unpaired) electrons. The molecule has 11 heteroatoms. The van der Waals surface area contributed by atoms with Crippen molar-refractivity contribution in [3.05, 3.63) is 0 Å². The molecule has 0 saturated heterocycles. The van der Waals surface area contributed by atoms with E-state index in [-0.39, 0.29) is 19.3 Å². The van der Waals surface area contributed by atoms with Crippen LogP contribution >= 0.6 is 0 Å². The van der Waals surface area contributed by atoms with Gasteiger partial charge in [0.25, 0.3) is 20.2 Å². The number of hydrogen-bond acceptors (Lipinski definition) is 7. The second-order valence-corrected chi connectivity index (χ2v) is 7.31. The monoisotopic (exact) mass is 290 g/mol. The summed E-state index contributed by atoms with van der Waals surface area (Å²) in [5.41, 5.74) is 7.88. The first-order valence-electron chi connectivity index (χ1n) is 4.57. The van der Waals surface area contributed by atoms with E-state index in [2.05, 4.69) is 0 Å². The Balaban J connectivity index is 3.53. The summed E-state index contributed by atoms with van der Waals surface area (Å²) in [6, 6.07) is 0. The van der Waals surface area contributed by atoms with E-state index < -0.39 is 36.1 Å². The second kappa shape index (κ2) is 3.85. The summed E-state index contributed by atoms with van der Waals surface area (Å²) in [6.07, 6.45) is -0.629. The molecule has 17 heavy (non-hydrogen) atoms. The highest BCUT2D eigenvalue weighted by Crippen LogP contribution is 2.39. The van der Waals surface area contributed by atoms with Crippen LogP contribution in [0.2, 0.25) is 0 Å². The Kier molecular flexibility index (Phi) is 3.34. The molecule has 3 atom stereocenters. The van der Waals surface area contributed by atoms with Crippen molar-refractivity contribution in [1.29, 1.82) is 0 Å². The smallest absolute Gasteiger partial charge is 0.289 e. The molecular formula is C6H14N2O7S2. The maximum Gasteiger partial charge on any atom is 0.289 e. The molecule has 1 rings (SSSR count). The van der Waals surface area contributed by atoms with Gasteiger partial charge in [-0.3, -0.25) is 9.11 Å². The van der Waals surface area contributed by atoms with Gasteiger partial charge in [-0.25, -0.2) is 0 Å². The summed E-state index contributed by atoms with van der Waals surface area (Å²) < 4.78 is 62.5. The lowest BCUT2D eigenvalue weighted by Gasteiger charge is -2.46. The number of nitrogens with two attached hydrogens (primary N) is 2. The number of rotatable bonds is 2. The molecule has 102 valence electrons. The van der Waals surface area contributed by atoms with Crippen molar-refractivity contribution in [2.24, 2.45) is 11.5 Å². The third kappa shape index (κ3) is 2.19. The van der Waals surface area contributed by atoms with E-state index >= 15 is 0 Å². The van der Waals surface area contributed by atoms with Crippen molar-refractivity contribution in [2.75, 3.05) is 0 Å². The van der Waals surface area contributed by atoms with Gasteiger partial charge in [0.1, 0.15) is 11.0 Å². The topological polar surface area (TPSA) is 181 Å². The lowest BCUT2D eigenvalue weighted by atomic mass is 9.87. The number of aliphatic hydroxyl groups is 1. The normalized spacial score (nSPS) is 40.2. The number of hydrogen-bond donors (Lipinski definition) is 5. The summed E-state index contributed by atoms with van der Waals surface area (Å²) in [4.78, 5) is -3.06. The second-order valence-electron chi connectivity index (χ2n) is 4.09. The minimum absolute atomic E-state index is 0.0337. The molecule has 0 amide bonds. The maximum absolute atomic E-state index is 11.2. The van der Waals surface area contributed by atoms with Crippen LogP contribution in [0.1, 0.15) is 19.3 Å². The lowest BCUT2D eigenvalue weighted by molar-refractivity contribution is -0.0278. The van der Waals surface area contributed by atoms with Crippen LogP contribution < -0.4 is 11.5 Å². The van der Waals surface area contributed by atoms with Gasteiger partial charge in [-0.15, -0.1) is 0 Å². The summed E-state index contributed by atoms with van der Waals surface area (Å²) >= 11 is 0. The third-order valence-corrected chi connectivity index (χ3v) is 5.93. The molecule has 0 aliphatic heterocycles. The Hall–Kier alpha value is -0.300. The Morgan fingerprint density at radius 3 is 1.88 bits per heavy atom. The molecule has 1 saturated carbocycles. The van der Waals surface area contributed by atoms with Crippen molar-refractivity contribution in [2.45, 2.75) is 35.1 Å².